The molecule has 0 spiro atoms. The van der Waals surface area contributed by atoms with Gasteiger partial charge in [0.25, 0.3) is 0 Å². The van der Waals surface area contributed by atoms with Gasteiger partial charge in [-0.05, 0) is 37.4 Å². The maximum absolute atomic E-state index is 6.27. The Kier molecular flexibility index (Phi) is 3.95. The van der Waals surface area contributed by atoms with Gasteiger partial charge in [0.15, 0.2) is 0 Å². The van der Waals surface area contributed by atoms with E-state index in [2.05, 4.69) is 30.3 Å². The number of nitrogens with one attached hydrogen (secondary N) is 1. The first-order valence-electron chi connectivity index (χ1n) is 6.26. The van der Waals surface area contributed by atoms with E-state index in [0.717, 1.165) is 29.9 Å². The minimum Gasteiger partial charge on any atom is -0.374 e. The molecule has 2 nitrogen and oxygen atoms in total. The third kappa shape index (κ3) is 2.93. The predicted molar refractivity (Wildman–Crippen MR) is 74.8 cm³/mol. The van der Waals surface area contributed by atoms with Crippen LogP contribution in [0.4, 0.5) is 5.69 Å². The molecule has 0 amide bonds. The highest BCUT2D eigenvalue weighted by Crippen LogP contribution is 2.39. The van der Waals surface area contributed by atoms with Crippen LogP contribution in [0.5, 0.6) is 0 Å². The molecule has 2 rings (SSSR count). The molecule has 1 saturated carbocycles. The lowest BCUT2D eigenvalue weighted by Crippen LogP contribution is -2.23. The topological polar surface area (TPSA) is 15.3 Å². The van der Waals surface area contributed by atoms with E-state index in [1.807, 2.05) is 19.2 Å². The maximum atomic E-state index is 6.27. The van der Waals surface area contributed by atoms with Crippen molar-refractivity contribution in [2.45, 2.75) is 19.9 Å². The standard InChI is InChI=1S/C14H21ClN2/c1-10-7-11(10)9-17(3)14-6-4-5-13(15)12(14)8-16-2/h4-6,10-11,16H,7-9H2,1-3H3. The number of rotatable bonds is 5. The van der Waals surface area contributed by atoms with Crippen molar-refractivity contribution < 1.29 is 0 Å². The lowest BCUT2D eigenvalue weighted by Gasteiger charge is -2.23. The van der Waals surface area contributed by atoms with Crippen LogP contribution in [0.25, 0.3) is 0 Å². The molecule has 1 aromatic carbocycles. The van der Waals surface area contributed by atoms with Crippen LogP contribution in [0.3, 0.4) is 0 Å². The second kappa shape index (κ2) is 5.28. The van der Waals surface area contributed by atoms with Crippen LogP contribution < -0.4 is 10.2 Å². The van der Waals surface area contributed by atoms with Crippen LogP contribution in [0.15, 0.2) is 18.2 Å². The van der Waals surface area contributed by atoms with Gasteiger partial charge >= 0.3 is 0 Å². The SMILES string of the molecule is CNCc1c(Cl)cccc1N(C)CC1CC1C. The zero-order chi connectivity index (χ0) is 12.4. The minimum absolute atomic E-state index is 0.819. The summed E-state index contributed by atoms with van der Waals surface area (Å²) in [5.74, 6) is 1.76. The Morgan fingerprint density at radius 3 is 2.76 bits per heavy atom. The molecule has 0 heterocycles. The largest absolute Gasteiger partial charge is 0.374 e. The molecule has 1 aromatic rings. The molecule has 2 atom stereocenters. The summed E-state index contributed by atoms with van der Waals surface area (Å²) in [6.07, 6.45) is 1.37. The fourth-order valence-electron chi connectivity index (χ4n) is 2.36. The second-order valence-corrected chi connectivity index (χ2v) is 5.53. The molecule has 0 saturated heterocycles. The highest BCUT2D eigenvalue weighted by atomic mass is 35.5. The summed E-state index contributed by atoms with van der Waals surface area (Å²) in [6.45, 7) is 4.28. The van der Waals surface area contributed by atoms with Gasteiger partial charge in [-0.1, -0.05) is 24.6 Å². The number of anilines is 1. The smallest absolute Gasteiger partial charge is 0.0471 e. The van der Waals surface area contributed by atoms with Gasteiger partial charge in [-0.25, -0.2) is 0 Å². The first-order valence-corrected chi connectivity index (χ1v) is 6.64. The summed E-state index contributed by atoms with van der Waals surface area (Å²) in [5.41, 5.74) is 2.46. The van der Waals surface area contributed by atoms with E-state index in [0.29, 0.717) is 0 Å². The molecule has 1 aliphatic carbocycles. The number of halogens is 1. The van der Waals surface area contributed by atoms with Crippen molar-refractivity contribution >= 4 is 17.3 Å². The number of hydrogen-bond donors (Lipinski definition) is 1. The van der Waals surface area contributed by atoms with Gasteiger partial charge in [0, 0.05) is 36.4 Å². The van der Waals surface area contributed by atoms with E-state index < -0.39 is 0 Å². The number of hydrogen-bond acceptors (Lipinski definition) is 2. The van der Waals surface area contributed by atoms with E-state index in [9.17, 15) is 0 Å². The van der Waals surface area contributed by atoms with Gasteiger partial charge < -0.3 is 10.2 Å². The molecule has 1 N–H and O–H groups in total. The Morgan fingerprint density at radius 1 is 1.47 bits per heavy atom. The Hall–Kier alpha value is -0.730. The van der Waals surface area contributed by atoms with Crippen molar-refractivity contribution in [3.05, 3.63) is 28.8 Å². The molecule has 3 heteroatoms. The van der Waals surface area contributed by atoms with Crippen LogP contribution in [0.1, 0.15) is 18.9 Å². The number of benzene rings is 1. The number of nitrogens with zero attached hydrogens (tertiary/aromatic N) is 1. The van der Waals surface area contributed by atoms with Crippen molar-refractivity contribution in [3.63, 3.8) is 0 Å². The monoisotopic (exact) mass is 252 g/mol. The molecule has 2 unspecified atom stereocenters. The molecule has 17 heavy (non-hydrogen) atoms. The van der Waals surface area contributed by atoms with Crippen LogP contribution in [-0.2, 0) is 6.54 Å². The van der Waals surface area contributed by atoms with Crippen molar-refractivity contribution in [1.29, 1.82) is 0 Å². The fraction of sp³-hybridized carbons (Fsp3) is 0.571. The second-order valence-electron chi connectivity index (χ2n) is 5.12. The molecule has 1 aliphatic rings. The van der Waals surface area contributed by atoms with E-state index >= 15 is 0 Å². The predicted octanol–water partition coefficient (Wildman–Crippen LogP) is 3.15. The van der Waals surface area contributed by atoms with Gasteiger partial charge in [0.05, 0.1) is 0 Å². The van der Waals surface area contributed by atoms with Crippen LogP contribution in [0, 0.1) is 11.8 Å². The van der Waals surface area contributed by atoms with Crippen LogP contribution >= 0.6 is 11.6 Å². The summed E-state index contributed by atoms with van der Waals surface area (Å²) in [4.78, 5) is 2.34. The Labute approximate surface area is 109 Å². The summed E-state index contributed by atoms with van der Waals surface area (Å²) in [7, 11) is 4.12. The third-order valence-electron chi connectivity index (χ3n) is 3.64. The first-order chi connectivity index (χ1) is 8.13. The third-order valence-corrected chi connectivity index (χ3v) is 4.00. The zero-order valence-electron chi connectivity index (χ0n) is 10.8. The van der Waals surface area contributed by atoms with Gasteiger partial charge in [0.2, 0.25) is 0 Å². The maximum Gasteiger partial charge on any atom is 0.0471 e. The first kappa shape index (κ1) is 12.7. The molecular weight excluding hydrogens is 232 g/mol. The van der Waals surface area contributed by atoms with Crippen molar-refractivity contribution in [1.82, 2.24) is 5.32 Å². The molecule has 0 aliphatic heterocycles. The summed E-state index contributed by atoms with van der Waals surface area (Å²) >= 11 is 6.27. The Balaban J connectivity index is 2.15. The zero-order valence-corrected chi connectivity index (χ0v) is 11.6. The molecule has 0 aromatic heterocycles. The van der Waals surface area contributed by atoms with Crippen LogP contribution in [-0.4, -0.2) is 20.6 Å². The molecule has 0 bridgehead atoms. The molecular formula is C14H21ClN2. The van der Waals surface area contributed by atoms with Gasteiger partial charge in [0.1, 0.15) is 0 Å². The van der Waals surface area contributed by atoms with Crippen molar-refractivity contribution in [2.75, 3.05) is 25.5 Å². The van der Waals surface area contributed by atoms with Crippen molar-refractivity contribution in [3.8, 4) is 0 Å². The van der Waals surface area contributed by atoms with Gasteiger partial charge in [-0.2, -0.15) is 0 Å². The van der Waals surface area contributed by atoms with E-state index in [4.69, 9.17) is 11.6 Å². The fourth-order valence-corrected chi connectivity index (χ4v) is 2.60. The summed E-state index contributed by atoms with van der Waals surface area (Å²) in [5, 5.41) is 4.04. The van der Waals surface area contributed by atoms with E-state index in [1.165, 1.54) is 17.7 Å². The van der Waals surface area contributed by atoms with Gasteiger partial charge in [-0.15, -0.1) is 0 Å². The van der Waals surface area contributed by atoms with Crippen LogP contribution in [0.2, 0.25) is 5.02 Å². The lowest BCUT2D eigenvalue weighted by atomic mass is 10.1. The highest BCUT2D eigenvalue weighted by Gasteiger charge is 2.33. The highest BCUT2D eigenvalue weighted by molar-refractivity contribution is 6.31. The van der Waals surface area contributed by atoms with Crippen molar-refractivity contribution in [2.24, 2.45) is 11.8 Å². The Morgan fingerprint density at radius 2 is 2.18 bits per heavy atom. The Bertz CT molecular complexity index is 392. The average Bonchev–Trinajstić information content (AvgIpc) is 2.97. The summed E-state index contributed by atoms with van der Waals surface area (Å²) in [6, 6.07) is 6.15. The van der Waals surface area contributed by atoms with E-state index in [-0.39, 0.29) is 0 Å². The lowest BCUT2D eigenvalue weighted by molar-refractivity contribution is 0.719. The quantitative estimate of drug-likeness (QED) is 0.866. The minimum atomic E-state index is 0.819. The molecule has 1 fully saturated rings. The van der Waals surface area contributed by atoms with Gasteiger partial charge in [-0.3, -0.25) is 0 Å². The molecule has 94 valence electrons. The molecule has 0 radical (unpaired) electrons. The average molecular weight is 253 g/mol. The summed E-state index contributed by atoms with van der Waals surface area (Å²) < 4.78 is 0. The normalized spacial score (nSPS) is 22.6. The van der Waals surface area contributed by atoms with E-state index in [1.54, 1.807) is 0 Å².